The minimum Gasteiger partial charge on any atom is -0.465 e. The van der Waals surface area contributed by atoms with E-state index in [1.165, 1.54) is 13.5 Å². The van der Waals surface area contributed by atoms with Gasteiger partial charge in [0.25, 0.3) is 0 Å². The molecule has 0 aliphatic rings. The Kier molecular flexibility index (Phi) is 6.57. The minimum atomic E-state index is -0.254. The largest absolute Gasteiger partial charge is 0.465 e. The zero-order chi connectivity index (χ0) is 14.3. The second kappa shape index (κ2) is 7.95. The molecule has 0 radical (unpaired) electrons. The van der Waals surface area contributed by atoms with E-state index >= 15 is 0 Å². The van der Waals surface area contributed by atoms with Gasteiger partial charge in [0.05, 0.1) is 12.7 Å². The van der Waals surface area contributed by atoms with E-state index in [0.717, 1.165) is 25.2 Å². The van der Waals surface area contributed by atoms with Gasteiger partial charge in [-0.25, -0.2) is 4.79 Å². The molecular weight excluding hydrogens is 238 g/mol. The van der Waals surface area contributed by atoms with Gasteiger partial charge in [0, 0.05) is 13.1 Å². The van der Waals surface area contributed by atoms with Gasteiger partial charge in [0.15, 0.2) is 0 Å². The molecule has 1 rings (SSSR count). The molecule has 0 aliphatic carbocycles. The molecule has 1 unspecified atom stereocenters. The summed E-state index contributed by atoms with van der Waals surface area (Å²) in [6.45, 7) is 9.47. The molecule has 0 saturated carbocycles. The molecule has 3 heteroatoms. The van der Waals surface area contributed by atoms with Gasteiger partial charge in [-0.3, -0.25) is 4.90 Å². The highest BCUT2D eigenvalue weighted by Crippen LogP contribution is 2.14. The smallest absolute Gasteiger partial charge is 0.338 e. The van der Waals surface area contributed by atoms with Crippen LogP contribution in [-0.2, 0) is 11.3 Å². The highest BCUT2D eigenvalue weighted by Gasteiger charge is 2.14. The Morgan fingerprint density at radius 3 is 2.58 bits per heavy atom. The number of hydrogen-bond donors (Lipinski definition) is 0. The number of esters is 1. The summed E-state index contributed by atoms with van der Waals surface area (Å²) in [4.78, 5) is 14.1. The lowest BCUT2D eigenvalue weighted by Gasteiger charge is -2.24. The average Bonchev–Trinajstić information content (AvgIpc) is 2.45. The van der Waals surface area contributed by atoms with Gasteiger partial charge in [-0.05, 0) is 24.1 Å². The Labute approximate surface area is 116 Å². The highest BCUT2D eigenvalue weighted by atomic mass is 16.5. The highest BCUT2D eigenvalue weighted by molar-refractivity contribution is 5.90. The summed E-state index contributed by atoms with van der Waals surface area (Å²) in [6.07, 6.45) is 1.18. The van der Waals surface area contributed by atoms with Gasteiger partial charge >= 0.3 is 5.97 Å². The van der Waals surface area contributed by atoms with Crippen molar-refractivity contribution >= 4 is 5.97 Å². The van der Waals surface area contributed by atoms with Crippen LogP contribution in [0.15, 0.2) is 24.3 Å². The third kappa shape index (κ3) is 4.67. The van der Waals surface area contributed by atoms with Crippen LogP contribution in [-0.4, -0.2) is 31.1 Å². The molecule has 1 atom stereocenters. The molecule has 0 saturated heterocycles. The van der Waals surface area contributed by atoms with Crippen molar-refractivity contribution in [3.63, 3.8) is 0 Å². The number of carbonyl (C=O) groups is 1. The van der Waals surface area contributed by atoms with Crippen molar-refractivity contribution in [2.45, 2.75) is 33.7 Å². The fourth-order valence-electron chi connectivity index (χ4n) is 2.08. The minimum absolute atomic E-state index is 0.254. The molecule has 0 fully saturated rings. The van der Waals surface area contributed by atoms with Crippen molar-refractivity contribution in [2.24, 2.45) is 5.92 Å². The van der Waals surface area contributed by atoms with Crippen LogP contribution in [0.5, 0.6) is 0 Å². The summed E-state index contributed by atoms with van der Waals surface area (Å²) in [5, 5.41) is 0. The molecule has 0 amide bonds. The van der Waals surface area contributed by atoms with Crippen LogP contribution in [0.1, 0.15) is 43.1 Å². The average molecular weight is 263 g/mol. The summed E-state index contributed by atoms with van der Waals surface area (Å²) in [7, 11) is 1.43. The van der Waals surface area contributed by atoms with E-state index in [2.05, 4.69) is 25.7 Å². The molecule has 0 aliphatic heterocycles. The predicted molar refractivity (Wildman–Crippen MR) is 78.2 cm³/mol. The van der Waals surface area contributed by atoms with Crippen molar-refractivity contribution in [3.8, 4) is 0 Å². The Bertz CT molecular complexity index is 403. The Balaban J connectivity index is 2.82. The summed E-state index contributed by atoms with van der Waals surface area (Å²) in [6, 6.07) is 7.68. The number of nitrogens with zero attached hydrogens (tertiary/aromatic N) is 1. The summed E-state index contributed by atoms with van der Waals surface area (Å²) in [5.41, 5.74) is 1.71. The summed E-state index contributed by atoms with van der Waals surface area (Å²) < 4.78 is 4.84. The number of ether oxygens (including phenoxy) is 1. The van der Waals surface area contributed by atoms with Crippen molar-refractivity contribution in [1.82, 2.24) is 4.90 Å². The first kappa shape index (κ1) is 15.7. The Morgan fingerprint density at radius 2 is 2.00 bits per heavy atom. The van der Waals surface area contributed by atoms with Gasteiger partial charge in [-0.15, -0.1) is 0 Å². The van der Waals surface area contributed by atoms with Crippen molar-refractivity contribution < 1.29 is 9.53 Å². The first-order valence-electron chi connectivity index (χ1n) is 7.00. The van der Waals surface area contributed by atoms with Gasteiger partial charge in [0.1, 0.15) is 0 Å². The zero-order valence-electron chi connectivity index (χ0n) is 12.5. The Morgan fingerprint density at radius 1 is 1.32 bits per heavy atom. The van der Waals surface area contributed by atoms with E-state index in [1.54, 1.807) is 0 Å². The van der Waals surface area contributed by atoms with Gasteiger partial charge < -0.3 is 4.74 Å². The third-order valence-electron chi connectivity index (χ3n) is 3.53. The molecule has 0 heterocycles. The van der Waals surface area contributed by atoms with Crippen LogP contribution in [0.3, 0.4) is 0 Å². The van der Waals surface area contributed by atoms with Gasteiger partial charge in [-0.2, -0.15) is 0 Å². The van der Waals surface area contributed by atoms with E-state index < -0.39 is 0 Å². The maximum atomic E-state index is 11.7. The lowest BCUT2D eigenvalue weighted by molar-refractivity contribution is 0.0598. The lowest BCUT2D eigenvalue weighted by atomic mass is 10.1. The van der Waals surface area contributed by atoms with Crippen molar-refractivity contribution in [3.05, 3.63) is 35.4 Å². The molecule has 1 aromatic carbocycles. The SMILES string of the molecule is CCC(C)CN(CC)Cc1ccccc1C(=O)OC. The predicted octanol–water partition coefficient (Wildman–Crippen LogP) is 3.34. The fourth-order valence-corrected chi connectivity index (χ4v) is 2.08. The number of methoxy groups -OCH3 is 1. The number of benzene rings is 1. The molecule has 0 bridgehead atoms. The van der Waals surface area contributed by atoms with Crippen LogP contribution in [0.4, 0.5) is 0 Å². The fraction of sp³-hybridized carbons (Fsp3) is 0.562. The lowest BCUT2D eigenvalue weighted by Crippen LogP contribution is -2.28. The van der Waals surface area contributed by atoms with E-state index in [0.29, 0.717) is 11.5 Å². The second-order valence-electron chi connectivity index (χ2n) is 4.99. The van der Waals surface area contributed by atoms with E-state index in [9.17, 15) is 4.79 Å². The third-order valence-corrected chi connectivity index (χ3v) is 3.53. The quantitative estimate of drug-likeness (QED) is 0.707. The summed E-state index contributed by atoms with van der Waals surface area (Å²) >= 11 is 0. The van der Waals surface area contributed by atoms with E-state index in [1.807, 2.05) is 24.3 Å². The monoisotopic (exact) mass is 263 g/mol. The van der Waals surface area contributed by atoms with Crippen LogP contribution in [0.25, 0.3) is 0 Å². The number of rotatable bonds is 7. The molecule has 0 N–H and O–H groups in total. The van der Waals surface area contributed by atoms with Crippen LogP contribution < -0.4 is 0 Å². The zero-order valence-corrected chi connectivity index (χ0v) is 12.5. The van der Waals surface area contributed by atoms with Crippen molar-refractivity contribution in [1.29, 1.82) is 0 Å². The maximum absolute atomic E-state index is 11.7. The van der Waals surface area contributed by atoms with Gasteiger partial charge in [0.2, 0.25) is 0 Å². The first-order valence-corrected chi connectivity index (χ1v) is 7.00. The topological polar surface area (TPSA) is 29.5 Å². The van der Waals surface area contributed by atoms with Crippen LogP contribution in [0.2, 0.25) is 0 Å². The number of carbonyl (C=O) groups excluding carboxylic acids is 1. The molecule has 19 heavy (non-hydrogen) atoms. The Hall–Kier alpha value is -1.35. The number of hydrogen-bond acceptors (Lipinski definition) is 3. The van der Waals surface area contributed by atoms with E-state index in [4.69, 9.17) is 4.74 Å². The summed E-state index contributed by atoms with van der Waals surface area (Å²) in [5.74, 6) is 0.417. The molecular formula is C16H25NO2. The second-order valence-corrected chi connectivity index (χ2v) is 4.99. The van der Waals surface area contributed by atoms with Crippen LogP contribution in [0, 0.1) is 5.92 Å². The van der Waals surface area contributed by atoms with E-state index in [-0.39, 0.29) is 5.97 Å². The molecule has 106 valence electrons. The van der Waals surface area contributed by atoms with Crippen molar-refractivity contribution in [2.75, 3.05) is 20.2 Å². The normalized spacial score (nSPS) is 12.5. The molecule has 3 nitrogen and oxygen atoms in total. The maximum Gasteiger partial charge on any atom is 0.338 e. The van der Waals surface area contributed by atoms with Gasteiger partial charge in [-0.1, -0.05) is 45.4 Å². The molecule has 1 aromatic rings. The first-order chi connectivity index (χ1) is 9.12. The van der Waals surface area contributed by atoms with Crippen LogP contribution >= 0.6 is 0 Å². The molecule has 0 spiro atoms. The standard InChI is InChI=1S/C16H25NO2/c1-5-13(3)11-17(6-2)12-14-9-7-8-10-15(14)16(18)19-4/h7-10,13H,5-6,11-12H2,1-4H3. The molecule has 0 aromatic heterocycles.